The second-order valence-electron chi connectivity index (χ2n) is 6.00. The number of hydrogen-bond donors (Lipinski definition) is 1. The van der Waals surface area contributed by atoms with Crippen LogP contribution in [0.3, 0.4) is 0 Å². The van der Waals surface area contributed by atoms with Crippen LogP contribution in [0.5, 0.6) is 0 Å². The van der Waals surface area contributed by atoms with Gasteiger partial charge in [0, 0.05) is 6.20 Å². The second kappa shape index (κ2) is 4.77. The molecule has 6 nitrogen and oxygen atoms in total. The molecule has 0 aromatic carbocycles. The van der Waals surface area contributed by atoms with Crippen molar-refractivity contribution < 1.29 is 9.53 Å². The first kappa shape index (κ1) is 13.7. The summed E-state index contributed by atoms with van der Waals surface area (Å²) in [5.74, 6) is 0.502. The van der Waals surface area contributed by atoms with E-state index in [1.165, 1.54) is 6.33 Å². The third kappa shape index (κ3) is 3.64. The first-order chi connectivity index (χ1) is 8.77. The Bertz CT molecular complexity index is 443. The Hall–Kier alpha value is -1.69. The Morgan fingerprint density at radius 3 is 2.47 bits per heavy atom. The highest BCUT2D eigenvalue weighted by Crippen LogP contribution is 2.28. The normalized spacial score (nSPS) is 20.9. The number of ether oxygens (including phenoxy) is 1. The Kier molecular flexibility index (Phi) is 3.45. The van der Waals surface area contributed by atoms with Gasteiger partial charge >= 0.3 is 6.03 Å². The molecule has 2 amide bonds. The molecule has 1 fully saturated rings. The number of aromatic nitrogens is 2. The number of nitrogens with zero attached hydrogens (tertiary/aromatic N) is 3. The average molecular weight is 264 g/mol. The smallest absolute Gasteiger partial charge is 0.323 e. The lowest BCUT2D eigenvalue weighted by molar-refractivity contribution is -0.169. The van der Waals surface area contributed by atoms with Gasteiger partial charge < -0.3 is 9.64 Å². The molecule has 1 aliphatic rings. The molecule has 19 heavy (non-hydrogen) atoms. The van der Waals surface area contributed by atoms with E-state index in [4.69, 9.17) is 4.74 Å². The van der Waals surface area contributed by atoms with Crippen LogP contribution < -0.4 is 5.32 Å². The highest BCUT2D eigenvalue weighted by molar-refractivity contribution is 5.88. The van der Waals surface area contributed by atoms with Crippen LogP contribution in [-0.4, -0.2) is 45.2 Å². The molecule has 1 aromatic rings. The minimum atomic E-state index is -0.356. The molecule has 0 spiro atoms. The monoisotopic (exact) mass is 264 g/mol. The van der Waals surface area contributed by atoms with E-state index in [1.807, 2.05) is 27.7 Å². The molecular formula is C13H20N4O2. The number of nitrogens with one attached hydrogen (secondary N) is 1. The average Bonchev–Trinajstić information content (AvgIpc) is 2.26. The van der Waals surface area contributed by atoms with Gasteiger partial charge in [0.15, 0.2) is 0 Å². The molecule has 0 saturated carbocycles. The van der Waals surface area contributed by atoms with Crippen molar-refractivity contribution in [2.45, 2.75) is 38.9 Å². The molecule has 1 aromatic heterocycles. The molecule has 2 heterocycles. The molecular weight excluding hydrogens is 244 g/mol. The van der Waals surface area contributed by atoms with Gasteiger partial charge in [-0.3, -0.25) is 5.32 Å². The summed E-state index contributed by atoms with van der Waals surface area (Å²) < 4.78 is 5.94. The predicted molar refractivity (Wildman–Crippen MR) is 71.9 cm³/mol. The maximum absolute atomic E-state index is 12.2. The van der Waals surface area contributed by atoms with Crippen LogP contribution in [0.25, 0.3) is 0 Å². The first-order valence-corrected chi connectivity index (χ1v) is 6.30. The fourth-order valence-corrected chi connectivity index (χ4v) is 2.48. The van der Waals surface area contributed by atoms with E-state index in [0.717, 1.165) is 0 Å². The fourth-order valence-electron chi connectivity index (χ4n) is 2.48. The number of carbonyl (C=O) groups excluding carboxylic acids is 1. The Labute approximate surface area is 113 Å². The van der Waals surface area contributed by atoms with Crippen LogP contribution in [0.2, 0.25) is 0 Å². The Balaban J connectivity index is 2.07. The molecule has 104 valence electrons. The molecule has 2 rings (SSSR count). The van der Waals surface area contributed by atoms with E-state index >= 15 is 0 Å². The summed E-state index contributed by atoms with van der Waals surface area (Å²) in [5.41, 5.74) is -0.713. The Morgan fingerprint density at radius 2 is 1.95 bits per heavy atom. The molecule has 6 heteroatoms. The predicted octanol–water partition coefficient (Wildman–Crippen LogP) is 1.90. The molecule has 0 radical (unpaired) electrons. The summed E-state index contributed by atoms with van der Waals surface area (Å²) in [5, 5.41) is 2.77. The van der Waals surface area contributed by atoms with Gasteiger partial charge in [-0.05, 0) is 33.8 Å². The van der Waals surface area contributed by atoms with Gasteiger partial charge in [0.05, 0.1) is 24.3 Å². The largest absolute Gasteiger partial charge is 0.366 e. The number of morpholine rings is 1. The minimum absolute atomic E-state index is 0.164. The van der Waals surface area contributed by atoms with Crippen LogP contribution in [0.15, 0.2) is 18.6 Å². The van der Waals surface area contributed by atoms with Gasteiger partial charge in [-0.1, -0.05) is 0 Å². The molecule has 1 aliphatic heterocycles. The van der Waals surface area contributed by atoms with Gasteiger partial charge in [0.2, 0.25) is 0 Å². The van der Waals surface area contributed by atoms with Crippen molar-refractivity contribution in [2.24, 2.45) is 0 Å². The van der Waals surface area contributed by atoms with Crippen molar-refractivity contribution in [1.82, 2.24) is 14.9 Å². The van der Waals surface area contributed by atoms with Crippen molar-refractivity contribution in [1.29, 1.82) is 0 Å². The number of amides is 2. The Morgan fingerprint density at radius 1 is 1.32 bits per heavy atom. The summed E-state index contributed by atoms with van der Waals surface area (Å²) in [4.78, 5) is 21.8. The van der Waals surface area contributed by atoms with E-state index in [1.54, 1.807) is 17.2 Å². The summed E-state index contributed by atoms with van der Waals surface area (Å²) in [6.45, 7) is 9.04. The lowest BCUT2D eigenvalue weighted by Gasteiger charge is -2.46. The van der Waals surface area contributed by atoms with E-state index in [-0.39, 0.29) is 17.2 Å². The van der Waals surface area contributed by atoms with E-state index in [9.17, 15) is 4.79 Å². The zero-order valence-corrected chi connectivity index (χ0v) is 11.8. The van der Waals surface area contributed by atoms with Crippen molar-refractivity contribution in [2.75, 3.05) is 18.4 Å². The molecule has 0 unspecified atom stereocenters. The second-order valence-corrected chi connectivity index (χ2v) is 6.00. The van der Waals surface area contributed by atoms with Crippen molar-refractivity contribution >= 4 is 11.8 Å². The zero-order valence-electron chi connectivity index (χ0n) is 11.8. The van der Waals surface area contributed by atoms with E-state index in [2.05, 4.69) is 15.3 Å². The van der Waals surface area contributed by atoms with Crippen molar-refractivity contribution in [3.63, 3.8) is 0 Å². The summed E-state index contributed by atoms with van der Waals surface area (Å²) in [7, 11) is 0. The number of hydrogen-bond acceptors (Lipinski definition) is 4. The quantitative estimate of drug-likeness (QED) is 0.841. The third-order valence-electron chi connectivity index (χ3n) is 2.80. The lowest BCUT2D eigenvalue weighted by atomic mass is 9.99. The molecule has 0 bridgehead atoms. The van der Waals surface area contributed by atoms with Crippen LogP contribution in [0, 0.1) is 0 Å². The maximum Gasteiger partial charge on any atom is 0.323 e. The molecule has 0 atom stereocenters. The van der Waals surface area contributed by atoms with Crippen LogP contribution in [-0.2, 0) is 4.74 Å². The summed E-state index contributed by atoms with van der Waals surface area (Å²) >= 11 is 0. The SMILES string of the molecule is CC1(C)CN(C(=O)Nc2ccncn2)CC(C)(C)O1. The highest BCUT2D eigenvalue weighted by atomic mass is 16.5. The highest BCUT2D eigenvalue weighted by Gasteiger charge is 2.40. The number of carbonyl (C=O) groups is 1. The van der Waals surface area contributed by atoms with Gasteiger partial charge in [-0.25, -0.2) is 14.8 Å². The van der Waals surface area contributed by atoms with Gasteiger partial charge in [0.1, 0.15) is 12.1 Å². The third-order valence-corrected chi connectivity index (χ3v) is 2.80. The number of anilines is 1. The van der Waals surface area contributed by atoms with Crippen molar-refractivity contribution in [3.8, 4) is 0 Å². The zero-order chi connectivity index (χ0) is 14.1. The van der Waals surface area contributed by atoms with Crippen LogP contribution in [0.4, 0.5) is 10.6 Å². The van der Waals surface area contributed by atoms with E-state index in [0.29, 0.717) is 18.9 Å². The molecule has 1 saturated heterocycles. The lowest BCUT2D eigenvalue weighted by Crippen LogP contribution is -2.59. The van der Waals surface area contributed by atoms with E-state index < -0.39 is 0 Å². The topological polar surface area (TPSA) is 67.4 Å². The minimum Gasteiger partial charge on any atom is -0.366 e. The first-order valence-electron chi connectivity index (χ1n) is 6.30. The number of urea groups is 1. The number of rotatable bonds is 1. The van der Waals surface area contributed by atoms with Gasteiger partial charge in [-0.2, -0.15) is 0 Å². The summed E-state index contributed by atoms with van der Waals surface area (Å²) in [6.07, 6.45) is 3.00. The maximum atomic E-state index is 12.2. The molecule has 0 aliphatic carbocycles. The standard InChI is InChI=1S/C13H20N4O2/c1-12(2)7-17(8-13(3,4)19-12)11(18)16-10-5-6-14-9-15-10/h5-6,9H,7-8H2,1-4H3,(H,14,15,16,18). The van der Waals surface area contributed by atoms with Gasteiger partial charge in [-0.15, -0.1) is 0 Å². The van der Waals surface area contributed by atoms with Crippen molar-refractivity contribution in [3.05, 3.63) is 18.6 Å². The molecule has 1 N–H and O–H groups in total. The van der Waals surface area contributed by atoms with Crippen LogP contribution in [0.1, 0.15) is 27.7 Å². The van der Waals surface area contributed by atoms with Gasteiger partial charge in [0.25, 0.3) is 0 Å². The fraction of sp³-hybridized carbons (Fsp3) is 0.615. The van der Waals surface area contributed by atoms with Crippen LogP contribution >= 0.6 is 0 Å². The summed E-state index contributed by atoms with van der Waals surface area (Å²) in [6, 6.07) is 1.50.